The Labute approximate surface area is 139 Å². The smallest absolute Gasteiger partial charge is 0.203 e. The van der Waals surface area contributed by atoms with Crippen LogP contribution in [0.4, 0.5) is 0 Å². The zero-order valence-corrected chi connectivity index (χ0v) is 13.6. The summed E-state index contributed by atoms with van der Waals surface area (Å²) in [7, 11) is 4.54. The van der Waals surface area contributed by atoms with E-state index >= 15 is 0 Å². The number of aromatic nitrogens is 2. The summed E-state index contributed by atoms with van der Waals surface area (Å²) in [4.78, 5) is 21.3. The lowest BCUT2D eigenvalue weighted by Gasteiger charge is -2.13. The number of benzene rings is 2. The number of hydrogen-bond acceptors (Lipinski definition) is 6. The minimum absolute atomic E-state index is 0.165. The normalized spacial score (nSPS) is 10.5. The highest BCUT2D eigenvalue weighted by Gasteiger charge is 2.18. The summed E-state index contributed by atoms with van der Waals surface area (Å²) in [6.45, 7) is 0. The van der Waals surface area contributed by atoms with Crippen molar-refractivity contribution in [3.8, 4) is 17.2 Å². The fourth-order valence-corrected chi connectivity index (χ4v) is 2.48. The summed E-state index contributed by atoms with van der Waals surface area (Å²) in [5.74, 6) is 1.14. The van der Waals surface area contributed by atoms with E-state index in [1.807, 2.05) is 0 Å². The summed E-state index contributed by atoms with van der Waals surface area (Å²) in [6, 6.07) is 8.47. The lowest BCUT2D eigenvalue weighted by molar-refractivity contribution is 0.103. The first-order valence-electron chi connectivity index (χ1n) is 7.23. The van der Waals surface area contributed by atoms with Gasteiger partial charge in [0.05, 0.1) is 32.4 Å². The molecule has 3 rings (SSSR count). The fraction of sp³-hybridized carbons (Fsp3) is 0.167. The van der Waals surface area contributed by atoms with Crippen LogP contribution in [-0.2, 0) is 0 Å². The van der Waals surface area contributed by atoms with Gasteiger partial charge in [0.2, 0.25) is 5.75 Å². The van der Waals surface area contributed by atoms with Crippen LogP contribution in [-0.4, -0.2) is 37.1 Å². The van der Waals surface area contributed by atoms with E-state index in [0.717, 1.165) is 5.52 Å². The maximum absolute atomic E-state index is 12.8. The largest absolute Gasteiger partial charge is 0.493 e. The minimum atomic E-state index is -0.165. The molecule has 2 aromatic carbocycles. The first-order chi connectivity index (χ1) is 11.7. The molecule has 0 fully saturated rings. The van der Waals surface area contributed by atoms with Crippen molar-refractivity contribution in [2.45, 2.75) is 0 Å². The van der Waals surface area contributed by atoms with Crippen molar-refractivity contribution in [3.63, 3.8) is 0 Å². The summed E-state index contributed by atoms with van der Waals surface area (Å²) in [5, 5.41) is 0. The molecule has 122 valence electrons. The SMILES string of the molecule is COc1cc(C(=O)c2ccc3nccnc3c2)cc(OC)c1OC. The zero-order valence-electron chi connectivity index (χ0n) is 13.6. The van der Waals surface area contributed by atoms with Crippen LogP contribution >= 0.6 is 0 Å². The predicted octanol–water partition coefficient (Wildman–Crippen LogP) is 2.89. The Balaban J connectivity index is 2.08. The molecule has 0 saturated heterocycles. The summed E-state index contributed by atoms with van der Waals surface area (Å²) >= 11 is 0. The van der Waals surface area contributed by atoms with Crippen molar-refractivity contribution < 1.29 is 19.0 Å². The number of fused-ring (bicyclic) bond motifs is 1. The molecular weight excluding hydrogens is 308 g/mol. The van der Waals surface area contributed by atoms with E-state index in [9.17, 15) is 4.79 Å². The average Bonchev–Trinajstić information content (AvgIpc) is 2.65. The molecule has 1 aromatic heterocycles. The number of hydrogen-bond donors (Lipinski definition) is 0. The van der Waals surface area contributed by atoms with E-state index in [4.69, 9.17) is 14.2 Å². The quantitative estimate of drug-likeness (QED) is 0.672. The predicted molar refractivity (Wildman–Crippen MR) is 89.1 cm³/mol. The number of rotatable bonds is 5. The minimum Gasteiger partial charge on any atom is -0.493 e. The van der Waals surface area contributed by atoms with E-state index in [0.29, 0.717) is 33.9 Å². The third-order valence-corrected chi connectivity index (χ3v) is 3.66. The zero-order chi connectivity index (χ0) is 17.1. The van der Waals surface area contributed by atoms with Crippen molar-refractivity contribution in [1.29, 1.82) is 0 Å². The maximum atomic E-state index is 12.8. The van der Waals surface area contributed by atoms with Crippen molar-refractivity contribution in [3.05, 3.63) is 53.9 Å². The molecule has 0 aliphatic heterocycles. The summed E-state index contributed by atoms with van der Waals surface area (Å²) in [5.41, 5.74) is 2.35. The van der Waals surface area contributed by atoms with Crippen LogP contribution in [0.25, 0.3) is 11.0 Å². The van der Waals surface area contributed by atoms with Crippen molar-refractivity contribution in [2.75, 3.05) is 21.3 Å². The van der Waals surface area contributed by atoms with Crippen LogP contribution in [0.15, 0.2) is 42.7 Å². The number of carbonyl (C=O) groups is 1. The Hall–Kier alpha value is -3.15. The Morgan fingerprint density at radius 1 is 0.792 bits per heavy atom. The Kier molecular flexibility index (Phi) is 4.29. The lowest BCUT2D eigenvalue weighted by Crippen LogP contribution is -2.04. The number of nitrogens with zero attached hydrogens (tertiary/aromatic N) is 2. The van der Waals surface area contributed by atoms with Crippen LogP contribution in [0.3, 0.4) is 0 Å². The Morgan fingerprint density at radius 3 is 2.00 bits per heavy atom. The molecule has 24 heavy (non-hydrogen) atoms. The van der Waals surface area contributed by atoms with Gasteiger partial charge in [0.1, 0.15) is 0 Å². The van der Waals surface area contributed by atoms with Gasteiger partial charge in [-0.05, 0) is 30.3 Å². The van der Waals surface area contributed by atoms with Gasteiger partial charge in [0, 0.05) is 23.5 Å². The number of carbonyl (C=O) groups excluding carboxylic acids is 1. The highest BCUT2D eigenvalue weighted by Crippen LogP contribution is 2.38. The first kappa shape index (κ1) is 15.7. The molecule has 6 nitrogen and oxygen atoms in total. The molecule has 0 bridgehead atoms. The van der Waals surface area contributed by atoms with Crippen LogP contribution in [0, 0.1) is 0 Å². The molecule has 0 amide bonds. The second-order valence-electron chi connectivity index (χ2n) is 5.00. The lowest BCUT2D eigenvalue weighted by atomic mass is 10.0. The van der Waals surface area contributed by atoms with Crippen LogP contribution in [0.2, 0.25) is 0 Å². The molecule has 0 radical (unpaired) electrons. The molecule has 1 heterocycles. The topological polar surface area (TPSA) is 70.5 Å². The molecule has 0 aliphatic carbocycles. The van der Waals surface area contributed by atoms with Gasteiger partial charge in [-0.25, -0.2) is 0 Å². The number of methoxy groups -OCH3 is 3. The van der Waals surface area contributed by atoms with E-state index in [2.05, 4.69) is 9.97 Å². The van der Waals surface area contributed by atoms with Crippen LogP contribution in [0.5, 0.6) is 17.2 Å². The molecule has 0 aliphatic rings. The van der Waals surface area contributed by atoms with E-state index < -0.39 is 0 Å². The molecule has 0 atom stereocenters. The van der Waals surface area contributed by atoms with Gasteiger partial charge >= 0.3 is 0 Å². The third kappa shape index (κ3) is 2.74. The summed E-state index contributed by atoms with van der Waals surface area (Å²) in [6.07, 6.45) is 3.21. The maximum Gasteiger partial charge on any atom is 0.203 e. The van der Waals surface area contributed by atoms with Gasteiger partial charge in [-0.1, -0.05) is 0 Å². The number of ketones is 1. The first-order valence-corrected chi connectivity index (χ1v) is 7.23. The third-order valence-electron chi connectivity index (χ3n) is 3.66. The van der Waals surface area contributed by atoms with E-state index in [1.165, 1.54) is 21.3 Å². The molecule has 0 saturated carbocycles. The number of ether oxygens (including phenoxy) is 3. The Morgan fingerprint density at radius 2 is 1.42 bits per heavy atom. The van der Waals surface area contributed by atoms with Gasteiger partial charge < -0.3 is 14.2 Å². The molecule has 3 aromatic rings. The standard InChI is InChI=1S/C18H16N2O4/c1-22-15-9-12(10-16(23-2)18(15)24-3)17(21)11-4-5-13-14(8-11)20-7-6-19-13/h4-10H,1-3H3. The van der Waals surface area contributed by atoms with E-state index in [-0.39, 0.29) is 5.78 Å². The second-order valence-corrected chi connectivity index (χ2v) is 5.00. The molecule has 0 N–H and O–H groups in total. The molecule has 0 unspecified atom stereocenters. The molecule has 0 spiro atoms. The van der Waals surface area contributed by atoms with Gasteiger partial charge in [0.15, 0.2) is 17.3 Å². The average molecular weight is 324 g/mol. The van der Waals surface area contributed by atoms with Gasteiger partial charge in [-0.3, -0.25) is 14.8 Å². The van der Waals surface area contributed by atoms with Gasteiger partial charge in [0.25, 0.3) is 0 Å². The second kappa shape index (κ2) is 6.54. The van der Waals surface area contributed by atoms with Crippen molar-refractivity contribution in [1.82, 2.24) is 9.97 Å². The Bertz CT molecular complexity index is 883. The fourth-order valence-electron chi connectivity index (χ4n) is 2.48. The van der Waals surface area contributed by atoms with Crippen LogP contribution < -0.4 is 14.2 Å². The summed E-state index contributed by atoms with van der Waals surface area (Å²) < 4.78 is 15.9. The van der Waals surface area contributed by atoms with Crippen molar-refractivity contribution in [2.24, 2.45) is 0 Å². The van der Waals surface area contributed by atoms with Crippen molar-refractivity contribution >= 4 is 16.8 Å². The van der Waals surface area contributed by atoms with Gasteiger partial charge in [-0.15, -0.1) is 0 Å². The van der Waals surface area contributed by atoms with Crippen LogP contribution in [0.1, 0.15) is 15.9 Å². The molecule has 6 heteroatoms. The molecular formula is C18H16N2O4. The van der Waals surface area contributed by atoms with E-state index in [1.54, 1.807) is 42.7 Å². The highest BCUT2D eigenvalue weighted by atomic mass is 16.5. The highest BCUT2D eigenvalue weighted by molar-refractivity contribution is 6.10. The van der Waals surface area contributed by atoms with Gasteiger partial charge in [-0.2, -0.15) is 0 Å². The monoisotopic (exact) mass is 324 g/mol.